The summed E-state index contributed by atoms with van der Waals surface area (Å²) in [7, 11) is 1.57. The summed E-state index contributed by atoms with van der Waals surface area (Å²) >= 11 is 11.9. The number of rotatable bonds is 5. The van der Waals surface area contributed by atoms with E-state index in [0.717, 1.165) is 0 Å². The van der Waals surface area contributed by atoms with Gasteiger partial charge in [-0.3, -0.25) is 4.79 Å². The molecule has 0 aliphatic carbocycles. The summed E-state index contributed by atoms with van der Waals surface area (Å²) in [4.78, 5) is 12.2. The van der Waals surface area contributed by atoms with E-state index in [1.165, 1.54) is 0 Å². The highest BCUT2D eigenvalue weighted by molar-refractivity contribution is 6.35. The van der Waals surface area contributed by atoms with Gasteiger partial charge in [-0.15, -0.1) is 0 Å². The van der Waals surface area contributed by atoms with Crippen LogP contribution in [0.2, 0.25) is 10.0 Å². The molecule has 2 rings (SSSR count). The van der Waals surface area contributed by atoms with Gasteiger partial charge in [-0.25, -0.2) is 0 Å². The van der Waals surface area contributed by atoms with E-state index in [0.29, 0.717) is 27.2 Å². The van der Waals surface area contributed by atoms with Gasteiger partial charge in [-0.2, -0.15) is 0 Å². The standard InChI is InChI=1S/C16H15Cl2NO3/c1-10(22-13-5-3-4-12(9-13)21-2)16(20)19-15-8-11(17)6-7-14(15)18/h3-10H,1-2H3,(H,19,20)/t10-/m0/s1. The molecule has 1 amide bonds. The molecule has 0 fully saturated rings. The molecule has 4 nitrogen and oxygen atoms in total. The minimum Gasteiger partial charge on any atom is -0.497 e. The Morgan fingerprint density at radius 2 is 1.86 bits per heavy atom. The smallest absolute Gasteiger partial charge is 0.265 e. The first kappa shape index (κ1) is 16.5. The Morgan fingerprint density at radius 1 is 1.14 bits per heavy atom. The average molecular weight is 340 g/mol. The van der Waals surface area contributed by atoms with E-state index in [9.17, 15) is 4.79 Å². The van der Waals surface area contributed by atoms with E-state index < -0.39 is 6.10 Å². The first-order valence-corrected chi connectivity index (χ1v) is 7.32. The van der Waals surface area contributed by atoms with Crippen LogP contribution in [-0.4, -0.2) is 19.1 Å². The van der Waals surface area contributed by atoms with Gasteiger partial charge in [0, 0.05) is 11.1 Å². The number of hydrogen-bond donors (Lipinski definition) is 1. The molecule has 2 aromatic rings. The largest absolute Gasteiger partial charge is 0.497 e. The Bertz CT molecular complexity index is 676. The zero-order valence-electron chi connectivity index (χ0n) is 12.1. The molecule has 0 saturated carbocycles. The molecule has 0 heterocycles. The van der Waals surface area contributed by atoms with Gasteiger partial charge in [0.15, 0.2) is 6.10 Å². The number of carbonyl (C=O) groups excluding carboxylic acids is 1. The number of benzene rings is 2. The normalized spacial score (nSPS) is 11.6. The predicted molar refractivity (Wildman–Crippen MR) is 88.2 cm³/mol. The minimum absolute atomic E-state index is 0.327. The molecule has 6 heteroatoms. The predicted octanol–water partition coefficient (Wildman–Crippen LogP) is 4.41. The highest BCUT2D eigenvalue weighted by Gasteiger charge is 2.16. The van der Waals surface area contributed by atoms with Crippen LogP contribution in [0.3, 0.4) is 0 Å². The summed E-state index contributed by atoms with van der Waals surface area (Å²) in [6.45, 7) is 1.65. The van der Waals surface area contributed by atoms with E-state index in [1.54, 1.807) is 56.5 Å². The van der Waals surface area contributed by atoms with Crippen molar-refractivity contribution in [3.8, 4) is 11.5 Å². The van der Waals surface area contributed by atoms with Crippen LogP contribution in [0.15, 0.2) is 42.5 Å². The fraction of sp³-hybridized carbons (Fsp3) is 0.188. The summed E-state index contributed by atoms with van der Waals surface area (Å²) in [6.07, 6.45) is -0.706. The van der Waals surface area contributed by atoms with Gasteiger partial charge in [0.2, 0.25) is 0 Å². The molecule has 116 valence electrons. The molecule has 0 unspecified atom stereocenters. The molecule has 22 heavy (non-hydrogen) atoms. The van der Waals surface area contributed by atoms with Crippen LogP contribution >= 0.6 is 23.2 Å². The Labute approximate surface area is 138 Å². The number of amides is 1. The number of halogens is 2. The van der Waals surface area contributed by atoms with Crippen molar-refractivity contribution in [2.24, 2.45) is 0 Å². The van der Waals surface area contributed by atoms with Crippen LogP contribution in [0.4, 0.5) is 5.69 Å². The van der Waals surface area contributed by atoms with Gasteiger partial charge >= 0.3 is 0 Å². The van der Waals surface area contributed by atoms with Crippen molar-refractivity contribution >= 4 is 34.8 Å². The highest BCUT2D eigenvalue weighted by atomic mass is 35.5. The van der Waals surface area contributed by atoms with E-state index in [2.05, 4.69) is 5.32 Å². The summed E-state index contributed by atoms with van der Waals surface area (Å²) < 4.78 is 10.7. The zero-order valence-corrected chi connectivity index (χ0v) is 13.6. The maximum Gasteiger partial charge on any atom is 0.265 e. The van der Waals surface area contributed by atoms with Gasteiger partial charge in [0.1, 0.15) is 11.5 Å². The first-order valence-electron chi connectivity index (χ1n) is 6.56. The van der Waals surface area contributed by atoms with Crippen molar-refractivity contribution in [1.29, 1.82) is 0 Å². The molecule has 1 N–H and O–H groups in total. The van der Waals surface area contributed by atoms with Crippen molar-refractivity contribution in [3.05, 3.63) is 52.5 Å². The molecular formula is C16H15Cl2NO3. The van der Waals surface area contributed by atoms with Crippen LogP contribution in [0.1, 0.15) is 6.92 Å². The number of hydrogen-bond acceptors (Lipinski definition) is 3. The van der Waals surface area contributed by atoms with Crippen molar-refractivity contribution in [1.82, 2.24) is 0 Å². The number of ether oxygens (including phenoxy) is 2. The third-order valence-corrected chi connectivity index (χ3v) is 3.47. The SMILES string of the molecule is COc1cccc(O[C@@H](C)C(=O)Nc2cc(Cl)ccc2Cl)c1. The molecule has 0 aliphatic heterocycles. The van der Waals surface area contributed by atoms with Crippen molar-refractivity contribution in [3.63, 3.8) is 0 Å². The quantitative estimate of drug-likeness (QED) is 0.877. The van der Waals surface area contributed by atoms with Gasteiger partial charge in [-0.05, 0) is 37.3 Å². The molecular weight excluding hydrogens is 325 g/mol. The number of anilines is 1. The molecule has 0 aromatic heterocycles. The summed E-state index contributed by atoms with van der Waals surface area (Å²) in [6, 6.07) is 11.9. The fourth-order valence-electron chi connectivity index (χ4n) is 1.76. The minimum atomic E-state index is -0.706. The Kier molecular flexibility index (Phi) is 5.52. The van der Waals surface area contributed by atoms with Crippen LogP contribution in [-0.2, 0) is 4.79 Å². The van der Waals surface area contributed by atoms with Crippen LogP contribution < -0.4 is 14.8 Å². The Morgan fingerprint density at radius 3 is 2.59 bits per heavy atom. The average Bonchev–Trinajstić information content (AvgIpc) is 2.51. The molecule has 2 aromatic carbocycles. The van der Waals surface area contributed by atoms with Crippen LogP contribution in [0.25, 0.3) is 0 Å². The van der Waals surface area contributed by atoms with Gasteiger partial charge in [0.05, 0.1) is 17.8 Å². The van der Waals surface area contributed by atoms with Crippen LogP contribution in [0.5, 0.6) is 11.5 Å². The third kappa shape index (κ3) is 4.29. The lowest BCUT2D eigenvalue weighted by molar-refractivity contribution is -0.122. The number of methoxy groups -OCH3 is 1. The van der Waals surface area contributed by atoms with Crippen molar-refractivity contribution in [2.75, 3.05) is 12.4 Å². The second-order valence-electron chi connectivity index (χ2n) is 4.55. The van der Waals surface area contributed by atoms with E-state index >= 15 is 0 Å². The lowest BCUT2D eigenvalue weighted by atomic mass is 10.3. The van der Waals surface area contributed by atoms with Gasteiger partial charge in [0.25, 0.3) is 5.91 Å². The maximum atomic E-state index is 12.2. The van der Waals surface area contributed by atoms with Crippen LogP contribution in [0, 0.1) is 0 Å². The van der Waals surface area contributed by atoms with Crippen molar-refractivity contribution in [2.45, 2.75) is 13.0 Å². The fourth-order valence-corrected chi connectivity index (χ4v) is 2.10. The molecule has 0 spiro atoms. The third-order valence-electron chi connectivity index (χ3n) is 2.91. The summed E-state index contributed by atoms with van der Waals surface area (Å²) in [5.74, 6) is 0.870. The lowest BCUT2D eigenvalue weighted by Gasteiger charge is -2.16. The monoisotopic (exact) mass is 339 g/mol. The van der Waals surface area contributed by atoms with E-state index in [4.69, 9.17) is 32.7 Å². The zero-order chi connectivity index (χ0) is 16.1. The summed E-state index contributed by atoms with van der Waals surface area (Å²) in [5.41, 5.74) is 0.445. The maximum absolute atomic E-state index is 12.2. The molecule has 0 bridgehead atoms. The molecule has 0 radical (unpaired) electrons. The molecule has 0 saturated heterocycles. The molecule has 0 aliphatic rings. The van der Waals surface area contributed by atoms with E-state index in [-0.39, 0.29) is 5.91 Å². The van der Waals surface area contributed by atoms with Crippen molar-refractivity contribution < 1.29 is 14.3 Å². The first-order chi connectivity index (χ1) is 10.5. The molecule has 1 atom stereocenters. The van der Waals surface area contributed by atoms with Gasteiger partial charge in [-0.1, -0.05) is 29.3 Å². The Balaban J connectivity index is 2.04. The second kappa shape index (κ2) is 7.38. The number of nitrogens with one attached hydrogen (secondary N) is 1. The van der Waals surface area contributed by atoms with E-state index in [1.807, 2.05) is 0 Å². The lowest BCUT2D eigenvalue weighted by Crippen LogP contribution is -2.30. The number of carbonyl (C=O) groups is 1. The second-order valence-corrected chi connectivity index (χ2v) is 5.40. The summed E-state index contributed by atoms with van der Waals surface area (Å²) in [5, 5.41) is 3.58. The van der Waals surface area contributed by atoms with Gasteiger partial charge < -0.3 is 14.8 Å². The highest BCUT2D eigenvalue weighted by Crippen LogP contribution is 2.26. The topological polar surface area (TPSA) is 47.6 Å². The Hall–Kier alpha value is -1.91.